The zero-order valence-electron chi connectivity index (χ0n) is 16.2. The second-order valence-electron chi connectivity index (χ2n) is 7.16. The molecule has 1 N–H and O–H groups in total. The van der Waals surface area contributed by atoms with Crippen molar-refractivity contribution in [3.63, 3.8) is 0 Å². The number of urea groups is 1. The zero-order chi connectivity index (χ0) is 19.4. The fourth-order valence-corrected chi connectivity index (χ4v) is 4.01. The van der Waals surface area contributed by atoms with E-state index in [1.165, 1.54) is 6.42 Å². The van der Waals surface area contributed by atoms with Gasteiger partial charge in [-0.3, -0.25) is 9.88 Å². The predicted molar refractivity (Wildman–Crippen MR) is 110 cm³/mol. The van der Waals surface area contributed by atoms with Gasteiger partial charge in [-0.1, -0.05) is 29.8 Å². The Morgan fingerprint density at radius 2 is 2.11 bits per heavy atom. The summed E-state index contributed by atoms with van der Waals surface area (Å²) in [4.78, 5) is 21.3. The lowest BCUT2D eigenvalue weighted by molar-refractivity contribution is 0.0697. The Morgan fingerprint density at radius 3 is 2.81 bits per heavy atom. The first-order valence-electron chi connectivity index (χ1n) is 9.42. The molecule has 0 spiro atoms. The number of aromatic nitrogens is 1. The third kappa shape index (κ3) is 4.42. The van der Waals surface area contributed by atoms with E-state index in [0.29, 0.717) is 5.02 Å². The van der Waals surface area contributed by atoms with Gasteiger partial charge < -0.3 is 10.2 Å². The van der Waals surface area contributed by atoms with Crippen LogP contribution in [0.2, 0.25) is 5.02 Å². The number of carbonyl (C=O) groups is 1. The number of pyridine rings is 1. The van der Waals surface area contributed by atoms with Crippen LogP contribution in [0.25, 0.3) is 11.3 Å². The summed E-state index contributed by atoms with van der Waals surface area (Å²) in [5.74, 6) is 0. The number of carbonyl (C=O) groups excluding carboxylic acids is 1. The number of halogens is 1. The number of nitrogens with one attached hydrogen (secondary N) is 1. The Bertz CT molecular complexity index is 783. The van der Waals surface area contributed by atoms with Gasteiger partial charge in [-0.2, -0.15) is 0 Å². The van der Waals surface area contributed by atoms with E-state index >= 15 is 0 Å². The monoisotopic (exact) mass is 386 g/mol. The first-order valence-corrected chi connectivity index (χ1v) is 9.80. The molecule has 6 heteroatoms. The molecule has 1 aromatic heterocycles. The summed E-state index contributed by atoms with van der Waals surface area (Å²) < 4.78 is 0. The van der Waals surface area contributed by atoms with E-state index in [9.17, 15) is 4.79 Å². The molecule has 144 valence electrons. The van der Waals surface area contributed by atoms with Crippen molar-refractivity contribution >= 4 is 17.6 Å². The Kier molecular flexibility index (Phi) is 6.34. The molecule has 2 atom stereocenters. The van der Waals surface area contributed by atoms with Crippen molar-refractivity contribution in [2.45, 2.75) is 38.4 Å². The highest BCUT2D eigenvalue weighted by Gasteiger charge is 2.27. The minimum atomic E-state index is -0.190. The highest BCUT2D eigenvalue weighted by molar-refractivity contribution is 6.33. The number of amides is 2. The van der Waals surface area contributed by atoms with Crippen LogP contribution in [0, 0.1) is 0 Å². The zero-order valence-corrected chi connectivity index (χ0v) is 16.9. The van der Waals surface area contributed by atoms with Crippen LogP contribution < -0.4 is 5.32 Å². The van der Waals surface area contributed by atoms with E-state index in [4.69, 9.17) is 11.6 Å². The Balaban J connectivity index is 1.79. The molecule has 1 saturated heterocycles. The molecule has 0 bridgehead atoms. The van der Waals surface area contributed by atoms with Gasteiger partial charge in [0.15, 0.2) is 0 Å². The van der Waals surface area contributed by atoms with Gasteiger partial charge in [0.25, 0.3) is 0 Å². The molecule has 3 rings (SSSR count). The molecule has 0 saturated carbocycles. The number of benzene rings is 1. The quantitative estimate of drug-likeness (QED) is 0.838. The van der Waals surface area contributed by atoms with E-state index in [1.807, 2.05) is 50.4 Å². The van der Waals surface area contributed by atoms with Gasteiger partial charge in [0.1, 0.15) is 0 Å². The molecule has 0 aliphatic carbocycles. The lowest BCUT2D eigenvalue weighted by Crippen LogP contribution is -2.52. The van der Waals surface area contributed by atoms with E-state index in [2.05, 4.69) is 22.2 Å². The summed E-state index contributed by atoms with van der Waals surface area (Å²) in [5, 5.41) is 3.76. The highest BCUT2D eigenvalue weighted by Crippen LogP contribution is 2.33. The molecule has 2 unspecified atom stereocenters. The van der Waals surface area contributed by atoms with Gasteiger partial charge >= 0.3 is 6.03 Å². The van der Waals surface area contributed by atoms with E-state index < -0.39 is 0 Å². The summed E-state index contributed by atoms with van der Waals surface area (Å²) in [6, 6.07) is 11.2. The van der Waals surface area contributed by atoms with Gasteiger partial charge in [0.2, 0.25) is 0 Å². The molecule has 1 aliphatic rings. The van der Waals surface area contributed by atoms with Crippen LogP contribution in [-0.2, 0) is 0 Å². The van der Waals surface area contributed by atoms with Gasteiger partial charge in [-0.25, -0.2) is 4.79 Å². The number of rotatable bonds is 4. The maximum atomic E-state index is 12.8. The molecular formula is C21H27ClN4O. The minimum absolute atomic E-state index is 0.0757. The molecule has 27 heavy (non-hydrogen) atoms. The van der Waals surface area contributed by atoms with E-state index in [0.717, 1.165) is 36.2 Å². The normalized spacial score (nSPS) is 18.7. The SMILES string of the molecule is CC(NC(=O)N(C)C1CCCCN1C)c1cccc(Cl)c1-c1ccccn1. The van der Waals surface area contributed by atoms with Crippen LogP contribution in [-0.4, -0.2) is 47.6 Å². The molecular weight excluding hydrogens is 360 g/mol. The molecule has 2 amide bonds. The largest absolute Gasteiger partial charge is 0.331 e. The highest BCUT2D eigenvalue weighted by atomic mass is 35.5. The Morgan fingerprint density at radius 1 is 1.30 bits per heavy atom. The van der Waals surface area contributed by atoms with Crippen LogP contribution in [0.15, 0.2) is 42.6 Å². The summed E-state index contributed by atoms with van der Waals surface area (Å²) >= 11 is 6.48. The molecule has 1 aromatic carbocycles. The second kappa shape index (κ2) is 8.72. The topological polar surface area (TPSA) is 48.5 Å². The molecule has 0 radical (unpaired) electrons. The molecule has 1 fully saturated rings. The number of piperidine rings is 1. The van der Waals surface area contributed by atoms with Crippen LogP contribution in [0.3, 0.4) is 0 Å². The first-order chi connectivity index (χ1) is 13.0. The van der Waals surface area contributed by atoms with Crippen LogP contribution >= 0.6 is 11.6 Å². The van der Waals surface area contributed by atoms with Crippen LogP contribution in [0.1, 0.15) is 37.8 Å². The Labute approximate surface area is 166 Å². The lowest BCUT2D eigenvalue weighted by atomic mass is 9.98. The molecule has 2 aromatic rings. The standard InChI is InChI=1S/C21H27ClN4O/c1-15(24-21(27)26(3)19-12-5-7-14-25(19)2)16-9-8-10-17(22)20(16)18-11-4-6-13-23-18/h4,6,8-11,13,15,19H,5,7,12,14H2,1-3H3,(H,24,27). The predicted octanol–water partition coefficient (Wildman–Crippen LogP) is 4.55. The van der Waals surface area contributed by atoms with Crippen molar-refractivity contribution in [1.29, 1.82) is 0 Å². The third-order valence-corrected chi connectivity index (χ3v) is 5.59. The van der Waals surface area contributed by atoms with Gasteiger partial charge in [0, 0.05) is 18.8 Å². The summed E-state index contributed by atoms with van der Waals surface area (Å²) in [6.07, 6.45) is 5.24. The van der Waals surface area contributed by atoms with Crippen molar-refractivity contribution in [3.05, 3.63) is 53.2 Å². The first kappa shape index (κ1) is 19.6. The van der Waals surface area contributed by atoms with Gasteiger partial charge in [-0.15, -0.1) is 0 Å². The maximum absolute atomic E-state index is 12.8. The van der Waals surface area contributed by atoms with Crippen molar-refractivity contribution in [1.82, 2.24) is 20.1 Å². The van der Waals surface area contributed by atoms with Gasteiger partial charge in [-0.05, 0) is 63.5 Å². The lowest BCUT2D eigenvalue weighted by Gasteiger charge is -2.39. The smallest absolute Gasteiger partial charge is 0.318 e. The summed E-state index contributed by atoms with van der Waals surface area (Å²) in [7, 11) is 3.94. The van der Waals surface area contributed by atoms with Crippen LogP contribution in [0.5, 0.6) is 0 Å². The number of nitrogens with zero attached hydrogens (tertiary/aromatic N) is 3. The van der Waals surface area contributed by atoms with Gasteiger partial charge in [0.05, 0.1) is 22.9 Å². The average Bonchev–Trinajstić information content (AvgIpc) is 2.68. The number of hydrogen-bond acceptors (Lipinski definition) is 3. The minimum Gasteiger partial charge on any atom is -0.331 e. The molecule has 1 aliphatic heterocycles. The van der Waals surface area contributed by atoms with Crippen molar-refractivity contribution in [3.8, 4) is 11.3 Å². The van der Waals surface area contributed by atoms with Crippen molar-refractivity contribution < 1.29 is 4.79 Å². The third-order valence-electron chi connectivity index (χ3n) is 5.27. The average molecular weight is 387 g/mol. The summed E-state index contributed by atoms with van der Waals surface area (Å²) in [5.41, 5.74) is 2.63. The maximum Gasteiger partial charge on any atom is 0.318 e. The van der Waals surface area contributed by atoms with Crippen molar-refractivity contribution in [2.24, 2.45) is 0 Å². The number of hydrogen-bond donors (Lipinski definition) is 1. The van der Waals surface area contributed by atoms with E-state index in [1.54, 1.807) is 11.1 Å². The summed E-state index contributed by atoms with van der Waals surface area (Å²) in [6.45, 7) is 3.00. The fourth-order valence-electron chi connectivity index (χ4n) is 3.73. The van der Waals surface area contributed by atoms with Crippen molar-refractivity contribution in [2.75, 3.05) is 20.6 Å². The van der Waals surface area contributed by atoms with E-state index in [-0.39, 0.29) is 18.2 Å². The molecule has 5 nitrogen and oxygen atoms in total. The second-order valence-corrected chi connectivity index (χ2v) is 7.57. The van der Waals surface area contributed by atoms with Crippen LogP contribution in [0.4, 0.5) is 4.79 Å². The number of likely N-dealkylation sites (tertiary alicyclic amines) is 1. The molecule has 2 heterocycles. The Hall–Kier alpha value is -2.11. The fraction of sp³-hybridized carbons (Fsp3) is 0.429.